The fraction of sp³-hybridized carbons (Fsp3) is 0.667. The van der Waals surface area contributed by atoms with Gasteiger partial charge >= 0.3 is 17.9 Å². The average Bonchev–Trinajstić information content (AvgIpc) is 3.41. The van der Waals surface area contributed by atoms with Crippen molar-refractivity contribution in [3.05, 3.63) is 122 Å². The normalized spacial score (nSPS) is 12.9. The van der Waals surface area contributed by atoms with Crippen molar-refractivity contribution < 1.29 is 28.6 Å². The van der Waals surface area contributed by atoms with Crippen LogP contribution >= 0.6 is 0 Å². The molecule has 0 aliphatic rings. The maximum Gasteiger partial charge on any atom is 0.309 e. The Hall–Kier alpha value is -4.19. The van der Waals surface area contributed by atoms with E-state index in [1.54, 1.807) is 6.08 Å². The lowest BCUT2D eigenvalue weighted by molar-refractivity contribution is -0.166. The number of allylic oxidation sites excluding steroid dienone is 19. The zero-order valence-electron chi connectivity index (χ0n) is 48.8. The lowest BCUT2D eigenvalue weighted by Gasteiger charge is -2.18. The van der Waals surface area contributed by atoms with E-state index in [-0.39, 0.29) is 31.6 Å². The van der Waals surface area contributed by atoms with Crippen molar-refractivity contribution in [2.24, 2.45) is 0 Å². The Balaban J connectivity index is 4.48. The van der Waals surface area contributed by atoms with E-state index in [0.29, 0.717) is 12.8 Å². The monoisotopic (exact) mass is 1040 g/mol. The molecule has 0 radical (unpaired) electrons. The molecule has 0 aromatic heterocycles. The van der Waals surface area contributed by atoms with Crippen molar-refractivity contribution >= 4 is 17.9 Å². The number of rotatable bonds is 55. The first-order valence-electron chi connectivity index (χ1n) is 31.0. The molecule has 0 aromatic rings. The summed E-state index contributed by atoms with van der Waals surface area (Å²) in [7, 11) is 0. The summed E-state index contributed by atoms with van der Waals surface area (Å²) in [6.45, 7) is 6.33. The van der Waals surface area contributed by atoms with Crippen LogP contribution in [0, 0.1) is 0 Å². The molecular weight excluding hydrogens is 925 g/mol. The molecule has 0 bridgehead atoms. The zero-order valence-corrected chi connectivity index (χ0v) is 48.8. The Kier molecular flexibility index (Phi) is 58.9. The van der Waals surface area contributed by atoms with Crippen LogP contribution in [-0.4, -0.2) is 37.2 Å². The topological polar surface area (TPSA) is 78.9 Å². The third kappa shape index (κ3) is 60.6. The van der Waals surface area contributed by atoms with Crippen LogP contribution in [0.5, 0.6) is 0 Å². The van der Waals surface area contributed by atoms with Gasteiger partial charge in [0.2, 0.25) is 0 Å². The Labute approximate surface area is 462 Å². The first kappa shape index (κ1) is 70.8. The Morgan fingerprint density at radius 2 is 0.573 bits per heavy atom. The number of esters is 3. The SMILES string of the molecule is CC/C=C\C/C=C\C/C=C\C/C=C\C/C=C\CCCCCCCC(=O)OCC(COC(=O)C/C=C\C/C=C\C/C=C\C/C=C\C/C=C\CC)OC(=O)CCCCCCCCCCCCCCCCCCCCCCC. The van der Waals surface area contributed by atoms with E-state index in [0.717, 1.165) is 122 Å². The summed E-state index contributed by atoms with van der Waals surface area (Å²) in [5.74, 6) is -1.06. The highest BCUT2D eigenvalue weighted by Crippen LogP contribution is 2.16. The molecular formula is C69H114O6. The van der Waals surface area contributed by atoms with Gasteiger partial charge in [-0.25, -0.2) is 0 Å². The smallest absolute Gasteiger partial charge is 0.309 e. The number of ether oxygens (including phenoxy) is 3. The average molecular weight is 1040 g/mol. The van der Waals surface area contributed by atoms with Crippen molar-refractivity contribution in [2.75, 3.05) is 13.2 Å². The summed E-state index contributed by atoms with van der Waals surface area (Å²) in [6, 6.07) is 0. The number of carbonyl (C=O) groups is 3. The lowest BCUT2D eigenvalue weighted by atomic mass is 10.0. The highest BCUT2D eigenvalue weighted by atomic mass is 16.6. The third-order valence-electron chi connectivity index (χ3n) is 13.0. The molecule has 0 rings (SSSR count). The van der Waals surface area contributed by atoms with Gasteiger partial charge in [-0.3, -0.25) is 14.4 Å². The van der Waals surface area contributed by atoms with Crippen LogP contribution in [0.1, 0.15) is 278 Å². The van der Waals surface area contributed by atoms with E-state index in [2.05, 4.69) is 130 Å². The third-order valence-corrected chi connectivity index (χ3v) is 13.0. The van der Waals surface area contributed by atoms with Crippen LogP contribution in [0.25, 0.3) is 0 Å². The Bertz CT molecular complexity index is 1570. The standard InChI is InChI=1S/C69H114O6/c1-4-7-10-13-16-19-22-25-28-30-32-34-36-38-41-44-47-50-53-56-59-62-68(71)74-65-66(64-73-67(70)61-58-55-52-49-46-43-40-27-24-21-18-15-12-9-6-3)75-69(72)63-60-57-54-51-48-45-42-39-37-35-33-31-29-26-23-20-17-14-11-8-5-2/h7,9-10,12,16,18-19,21,25,27-28,32,34,38,40-41,46,49,55,58,66H,4-6,8,11,13-15,17,20,22-24,26,29-31,33,35-37,39,42-45,47-48,50-54,56-57,59-65H2,1-3H3/b10-7-,12-9-,19-16-,21-18-,28-25-,34-32-,40-27-,41-38-,49-46-,58-55-. The molecule has 0 amide bonds. The van der Waals surface area contributed by atoms with E-state index in [1.165, 1.54) is 116 Å². The molecule has 426 valence electrons. The summed E-state index contributed by atoms with van der Waals surface area (Å²) < 4.78 is 16.8. The maximum atomic E-state index is 12.9. The van der Waals surface area contributed by atoms with Gasteiger partial charge < -0.3 is 14.2 Å². The molecule has 6 nitrogen and oxygen atoms in total. The molecule has 0 saturated heterocycles. The highest BCUT2D eigenvalue weighted by Gasteiger charge is 2.19. The summed E-state index contributed by atoms with van der Waals surface area (Å²) in [5.41, 5.74) is 0. The first-order valence-corrected chi connectivity index (χ1v) is 31.0. The maximum absolute atomic E-state index is 12.9. The number of hydrogen-bond donors (Lipinski definition) is 0. The molecule has 6 heteroatoms. The van der Waals surface area contributed by atoms with E-state index in [9.17, 15) is 14.4 Å². The van der Waals surface area contributed by atoms with Crippen molar-refractivity contribution in [1.82, 2.24) is 0 Å². The Morgan fingerprint density at radius 1 is 0.293 bits per heavy atom. The van der Waals surface area contributed by atoms with Crippen molar-refractivity contribution in [3.8, 4) is 0 Å². The van der Waals surface area contributed by atoms with E-state index in [4.69, 9.17) is 14.2 Å². The van der Waals surface area contributed by atoms with Crippen molar-refractivity contribution in [2.45, 2.75) is 284 Å². The predicted octanol–water partition coefficient (Wildman–Crippen LogP) is 21.2. The fourth-order valence-electron chi connectivity index (χ4n) is 8.43. The number of carbonyl (C=O) groups excluding carboxylic acids is 3. The summed E-state index contributed by atoms with van der Waals surface area (Å²) in [4.78, 5) is 38.2. The molecule has 0 aromatic carbocycles. The van der Waals surface area contributed by atoms with Gasteiger partial charge in [0.1, 0.15) is 13.2 Å². The van der Waals surface area contributed by atoms with Crippen LogP contribution in [0.4, 0.5) is 0 Å². The predicted molar refractivity (Wildman–Crippen MR) is 325 cm³/mol. The second-order valence-electron chi connectivity index (χ2n) is 20.2. The summed E-state index contributed by atoms with van der Waals surface area (Å²) >= 11 is 0. The number of unbranched alkanes of at least 4 members (excludes halogenated alkanes) is 25. The Morgan fingerprint density at radius 3 is 0.933 bits per heavy atom. The van der Waals surface area contributed by atoms with Crippen LogP contribution in [-0.2, 0) is 28.6 Å². The molecule has 0 spiro atoms. The van der Waals surface area contributed by atoms with Gasteiger partial charge in [0, 0.05) is 12.8 Å². The minimum absolute atomic E-state index is 0.119. The minimum Gasteiger partial charge on any atom is -0.462 e. The lowest BCUT2D eigenvalue weighted by Crippen LogP contribution is -2.30. The highest BCUT2D eigenvalue weighted by molar-refractivity contribution is 5.72. The molecule has 0 aliphatic heterocycles. The van der Waals surface area contributed by atoms with E-state index in [1.807, 2.05) is 6.08 Å². The first-order chi connectivity index (χ1) is 37.0. The van der Waals surface area contributed by atoms with Crippen LogP contribution < -0.4 is 0 Å². The van der Waals surface area contributed by atoms with Gasteiger partial charge in [-0.2, -0.15) is 0 Å². The molecule has 0 aliphatic carbocycles. The van der Waals surface area contributed by atoms with Gasteiger partial charge in [-0.05, 0) is 89.9 Å². The van der Waals surface area contributed by atoms with Crippen LogP contribution in [0.2, 0.25) is 0 Å². The zero-order chi connectivity index (χ0) is 54.3. The number of hydrogen-bond acceptors (Lipinski definition) is 6. The van der Waals surface area contributed by atoms with Gasteiger partial charge in [0.15, 0.2) is 6.10 Å². The second-order valence-corrected chi connectivity index (χ2v) is 20.2. The summed E-state index contributed by atoms with van der Waals surface area (Å²) in [5, 5.41) is 0. The summed E-state index contributed by atoms with van der Waals surface area (Å²) in [6.07, 6.45) is 86.6. The quantitative estimate of drug-likeness (QED) is 0.0261. The fourth-order valence-corrected chi connectivity index (χ4v) is 8.43. The van der Waals surface area contributed by atoms with Crippen LogP contribution in [0.15, 0.2) is 122 Å². The van der Waals surface area contributed by atoms with Gasteiger partial charge in [-0.1, -0.05) is 290 Å². The van der Waals surface area contributed by atoms with Gasteiger partial charge in [-0.15, -0.1) is 0 Å². The molecule has 1 atom stereocenters. The van der Waals surface area contributed by atoms with E-state index < -0.39 is 12.1 Å². The molecule has 0 N–H and O–H groups in total. The minimum atomic E-state index is -0.829. The molecule has 1 unspecified atom stereocenters. The van der Waals surface area contributed by atoms with Crippen LogP contribution in [0.3, 0.4) is 0 Å². The molecule has 0 fully saturated rings. The second kappa shape index (κ2) is 62.4. The molecule has 75 heavy (non-hydrogen) atoms. The van der Waals surface area contributed by atoms with Gasteiger partial charge in [0.25, 0.3) is 0 Å². The molecule has 0 saturated carbocycles. The molecule has 0 heterocycles. The largest absolute Gasteiger partial charge is 0.462 e. The van der Waals surface area contributed by atoms with Crippen molar-refractivity contribution in [3.63, 3.8) is 0 Å². The van der Waals surface area contributed by atoms with Gasteiger partial charge in [0.05, 0.1) is 6.42 Å². The van der Waals surface area contributed by atoms with Crippen molar-refractivity contribution in [1.29, 1.82) is 0 Å². The van der Waals surface area contributed by atoms with E-state index >= 15 is 0 Å².